The molecule has 0 rings (SSSR count). The molecule has 0 unspecified atom stereocenters. The van der Waals surface area contributed by atoms with Crippen LogP contribution in [0.1, 0.15) is 84.5 Å². The normalized spacial score (nSPS) is 10.2. The van der Waals surface area contributed by atoms with Crippen molar-refractivity contribution in [3.8, 4) is 0 Å². The van der Waals surface area contributed by atoms with Gasteiger partial charge in [0, 0.05) is 0 Å². The molecule has 0 aromatic carbocycles. The Bertz CT molecular complexity index is 103. The molecule has 106 valence electrons. The van der Waals surface area contributed by atoms with E-state index in [1.54, 1.807) is 0 Å². The molecule has 0 saturated carbocycles. The number of rotatable bonds is 13. The quantitative estimate of drug-likeness (QED) is 0.400. The van der Waals surface area contributed by atoms with Gasteiger partial charge in [-0.2, -0.15) is 11.8 Å². The van der Waals surface area contributed by atoms with E-state index in [0.717, 1.165) is 0 Å². The third kappa shape index (κ3) is 18.9. The second-order valence-corrected chi connectivity index (χ2v) is 6.02. The van der Waals surface area contributed by atoms with E-state index in [0.29, 0.717) is 0 Å². The van der Waals surface area contributed by atoms with Crippen LogP contribution in [0, 0.1) is 0 Å². The lowest BCUT2D eigenvalue weighted by molar-refractivity contribution is 0.563. The van der Waals surface area contributed by atoms with Gasteiger partial charge in [0.1, 0.15) is 0 Å². The van der Waals surface area contributed by atoms with E-state index < -0.39 is 0 Å². The smallest absolute Gasteiger partial charge is 0.00675 e. The van der Waals surface area contributed by atoms with Gasteiger partial charge in [0.25, 0.3) is 0 Å². The highest BCUT2D eigenvalue weighted by atomic mass is 32.2. The first-order valence-corrected chi connectivity index (χ1v) is 8.65. The fourth-order valence-corrected chi connectivity index (χ4v) is 2.84. The Morgan fingerprint density at radius 1 is 0.529 bits per heavy atom. The van der Waals surface area contributed by atoms with E-state index in [2.05, 4.69) is 25.6 Å². The second kappa shape index (κ2) is 18.7. The fraction of sp³-hybridized carbons (Fsp3) is 1.00. The molecule has 0 aromatic heterocycles. The monoisotopic (exact) mass is 261 g/mol. The first-order valence-electron chi connectivity index (χ1n) is 7.49. The molecule has 0 radical (unpaired) electrons. The van der Waals surface area contributed by atoms with Crippen LogP contribution in [0.3, 0.4) is 0 Å². The average molecular weight is 262 g/mol. The van der Waals surface area contributed by atoms with E-state index in [1.165, 1.54) is 82.1 Å². The lowest BCUT2D eigenvalue weighted by atomic mass is 10.1. The maximum Gasteiger partial charge on any atom is -0.00675 e. The Hall–Kier alpha value is 0.310. The van der Waals surface area contributed by atoms with Gasteiger partial charge in [-0.15, -0.1) is 0 Å². The molecule has 17 heavy (non-hydrogen) atoms. The summed E-state index contributed by atoms with van der Waals surface area (Å²) in [6.45, 7) is 4.56. The second-order valence-electron chi connectivity index (χ2n) is 4.79. The van der Waals surface area contributed by atoms with E-state index in [1.807, 2.05) is 0 Å². The topological polar surface area (TPSA) is 35.0 Å². The lowest BCUT2D eigenvalue weighted by Crippen LogP contribution is -1.84. The highest BCUT2D eigenvalue weighted by Gasteiger charge is 1.92. The van der Waals surface area contributed by atoms with Gasteiger partial charge in [-0.1, -0.05) is 71.6 Å². The molecule has 0 heterocycles. The minimum absolute atomic E-state index is 0. The summed E-state index contributed by atoms with van der Waals surface area (Å²) in [6.07, 6.45) is 15.9. The van der Waals surface area contributed by atoms with Crippen LogP contribution in [0.2, 0.25) is 0 Å². The maximum absolute atomic E-state index is 2.29. The van der Waals surface area contributed by atoms with E-state index >= 15 is 0 Å². The van der Waals surface area contributed by atoms with Crippen molar-refractivity contribution in [2.45, 2.75) is 84.5 Å². The molecular weight excluding hydrogens is 226 g/mol. The summed E-state index contributed by atoms with van der Waals surface area (Å²) in [5.41, 5.74) is 0. The van der Waals surface area contributed by atoms with Gasteiger partial charge >= 0.3 is 0 Å². The first kappa shape index (κ1) is 19.6. The fourth-order valence-electron chi connectivity index (χ4n) is 1.94. The van der Waals surface area contributed by atoms with Crippen LogP contribution in [-0.4, -0.2) is 11.5 Å². The van der Waals surface area contributed by atoms with Crippen molar-refractivity contribution in [2.24, 2.45) is 0 Å². The van der Waals surface area contributed by atoms with Crippen molar-refractivity contribution in [2.75, 3.05) is 11.5 Å². The minimum atomic E-state index is 0. The molecule has 2 heteroatoms. The van der Waals surface area contributed by atoms with Gasteiger partial charge in [0.15, 0.2) is 0 Å². The third-order valence-electron chi connectivity index (χ3n) is 2.99. The van der Waals surface area contributed by atoms with E-state index in [4.69, 9.17) is 0 Å². The predicted octanol–water partition coefficient (Wildman–Crippen LogP) is 6.21. The zero-order valence-electron chi connectivity index (χ0n) is 12.3. The van der Waals surface area contributed by atoms with E-state index in [-0.39, 0.29) is 6.15 Å². The molecule has 0 aliphatic heterocycles. The van der Waals surface area contributed by atoms with Crippen LogP contribution in [0.5, 0.6) is 0 Å². The molecule has 3 N–H and O–H groups in total. The zero-order valence-corrected chi connectivity index (χ0v) is 13.1. The Labute approximate surface area is 114 Å². The number of hydrogen-bond donors (Lipinski definition) is 1. The molecule has 1 nitrogen and oxygen atoms in total. The highest BCUT2D eigenvalue weighted by Crippen LogP contribution is 2.12. The summed E-state index contributed by atoms with van der Waals surface area (Å²) in [6, 6.07) is 0. The Morgan fingerprint density at radius 3 is 1.47 bits per heavy atom. The highest BCUT2D eigenvalue weighted by molar-refractivity contribution is 7.99. The van der Waals surface area contributed by atoms with Crippen LogP contribution in [0.25, 0.3) is 0 Å². The van der Waals surface area contributed by atoms with Crippen LogP contribution in [-0.2, 0) is 0 Å². The summed E-state index contributed by atoms with van der Waals surface area (Å²) in [5, 5.41) is 0. The van der Waals surface area contributed by atoms with E-state index in [9.17, 15) is 0 Å². The zero-order chi connectivity index (χ0) is 11.9. The number of hydrogen-bond acceptors (Lipinski definition) is 2. The molecule has 0 spiro atoms. The molecule has 0 fully saturated rings. The molecule has 0 aliphatic rings. The Balaban J connectivity index is 0. The largest absolute Gasteiger partial charge is 0.344 e. The Morgan fingerprint density at radius 2 is 1.00 bits per heavy atom. The minimum Gasteiger partial charge on any atom is -0.344 e. The van der Waals surface area contributed by atoms with Crippen molar-refractivity contribution < 1.29 is 0 Å². The molecule has 0 atom stereocenters. The Kier molecular flexibility index (Phi) is 21.6. The molecule has 0 amide bonds. The van der Waals surface area contributed by atoms with Gasteiger partial charge in [-0.25, -0.2) is 0 Å². The molecule has 0 saturated heterocycles. The van der Waals surface area contributed by atoms with Crippen molar-refractivity contribution in [1.29, 1.82) is 0 Å². The molecule has 0 aliphatic carbocycles. The van der Waals surface area contributed by atoms with Gasteiger partial charge in [0.2, 0.25) is 0 Å². The van der Waals surface area contributed by atoms with Gasteiger partial charge in [0.05, 0.1) is 0 Å². The average Bonchev–Trinajstić information content (AvgIpc) is 2.31. The van der Waals surface area contributed by atoms with Gasteiger partial charge < -0.3 is 6.15 Å². The summed E-state index contributed by atoms with van der Waals surface area (Å²) in [5.74, 6) is 2.75. The van der Waals surface area contributed by atoms with Crippen LogP contribution >= 0.6 is 11.8 Å². The first-order chi connectivity index (χ1) is 7.91. The van der Waals surface area contributed by atoms with Crippen molar-refractivity contribution in [1.82, 2.24) is 6.15 Å². The SMILES string of the molecule is CCCCCCCCCCCCSCCC.N. The van der Waals surface area contributed by atoms with Crippen LogP contribution < -0.4 is 6.15 Å². The van der Waals surface area contributed by atoms with Crippen molar-refractivity contribution >= 4 is 11.8 Å². The number of unbranched alkanes of at least 4 members (excludes halogenated alkanes) is 9. The summed E-state index contributed by atoms with van der Waals surface area (Å²) >= 11 is 2.13. The van der Waals surface area contributed by atoms with Gasteiger partial charge in [-0.05, 0) is 24.3 Å². The maximum atomic E-state index is 2.29. The van der Waals surface area contributed by atoms with Gasteiger partial charge in [-0.3, -0.25) is 0 Å². The van der Waals surface area contributed by atoms with Crippen LogP contribution in [0.15, 0.2) is 0 Å². The molecular formula is C15H35NS. The van der Waals surface area contributed by atoms with Crippen LogP contribution in [0.4, 0.5) is 0 Å². The summed E-state index contributed by atoms with van der Waals surface area (Å²) in [4.78, 5) is 0. The summed E-state index contributed by atoms with van der Waals surface area (Å²) in [7, 11) is 0. The lowest BCUT2D eigenvalue weighted by Gasteiger charge is -2.02. The van der Waals surface area contributed by atoms with Crippen molar-refractivity contribution in [3.05, 3.63) is 0 Å². The standard InChI is InChI=1S/C15H32S.H3N/c1-3-5-6-7-8-9-10-11-12-13-15-16-14-4-2;/h3-15H2,1-2H3;1H3. The summed E-state index contributed by atoms with van der Waals surface area (Å²) < 4.78 is 0. The third-order valence-corrected chi connectivity index (χ3v) is 4.26. The molecule has 0 bridgehead atoms. The van der Waals surface area contributed by atoms with Crippen molar-refractivity contribution in [3.63, 3.8) is 0 Å². The number of thioether (sulfide) groups is 1. The molecule has 0 aromatic rings. The predicted molar refractivity (Wildman–Crippen MR) is 84.5 cm³/mol.